The summed E-state index contributed by atoms with van der Waals surface area (Å²) in [6.45, 7) is 8.35. The second-order valence-electron chi connectivity index (χ2n) is 8.74. The summed E-state index contributed by atoms with van der Waals surface area (Å²) < 4.78 is 19.8. The van der Waals surface area contributed by atoms with E-state index in [1.807, 2.05) is 6.92 Å². The highest BCUT2D eigenvalue weighted by molar-refractivity contribution is 6.43. The van der Waals surface area contributed by atoms with E-state index >= 15 is 0 Å². The number of hydrogen-bond acceptors (Lipinski definition) is 6. The molecule has 1 amide bonds. The summed E-state index contributed by atoms with van der Waals surface area (Å²) in [4.78, 5) is 21.7. The second-order valence-corrected chi connectivity index (χ2v) is 9.12. The molecular formula is C24H29ClFN5O2. The lowest BCUT2D eigenvalue weighted by molar-refractivity contribution is 0.0798. The smallest absolute Gasteiger partial charge is 0.258 e. The second kappa shape index (κ2) is 9.65. The van der Waals surface area contributed by atoms with Crippen LogP contribution in [0.2, 0.25) is 0 Å². The summed E-state index contributed by atoms with van der Waals surface area (Å²) in [6, 6.07) is 4.48. The Hall–Kier alpha value is -2.71. The maximum Gasteiger partial charge on any atom is 0.258 e. The average Bonchev–Trinajstić information content (AvgIpc) is 3.36. The molecule has 0 radical (unpaired) electrons. The third-order valence-corrected chi connectivity index (χ3v) is 6.93. The molecule has 4 rings (SSSR count). The van der Waals surface area contributed by atoms with Crippen LogP contribution in [0.4, 0.5) is 4.39 Å². The van der Waals surface area contributed by atoms with Crippen LogP contribution in [0.15, 0.2) is 45.3 Å². The van der Waals surface area contributed by atoms with Gasteiger partial charge in [0.05, 0.1) is 35.1 Å². The van der Waals surface area contributed by atoms with Gasteiger partial charge in [0.25, 0.3) is 5.91 Å². The van der Waals surface area contributed by atoms with E-state index in [4.69, 9.17) is 21.7 Å². The van der Waals surface area contributed by atoms with Gasteiger partial charge < -0.3 is 20.4 Å². The van der Waals surface area contributed by atoms with Crippen LogP contribution in [0.3, 0.4) is 0 Å². The Morgan fingerprint density at radius 1 is 1.36 bits per heavy atom. The van der Waals surface area contributed by atoms with Crippen molar-refractivity contribution in [2.24, 2.45) is 4.99 Å². The lowest BCUT2D eigenvalue weighted by Gasteiger charge is -2.22. The number of halogens is 2. The highest BCUT2D eigenvalue weighted by atomic mass is 35.5. The van der Waals surface area contributed by atoms with Crippen LogP contribution < -0.4 is 10.1 Å². The first kappa shape index (κ1) is 23.4. The van der Waals surface area contributed by atoms with Crippen LogP contribution in [0, 0.1) is 11.2 Å². The molecule has 0 saturated carbocycles. The topological polar surface area (TPSA) is 81.0 Å². The van der Waals surface area contributed by atoms with E-state index in [0.717, 1.165) is 18.8 Å². The Morgan fingerprint density at radius 3 is 2.85 bits per heavy atom. The van der Waals surface area contributed by atoms with Crippen molar-refractivity contribution in [3.05, 3.63) is 51.7 Å². The third-order valence-electron chi connectivity index (χ3n) is 6.37. The highest BCUT2D eigenvalue weighted by Gasteiger charge is 2.32. The van der Waals surface area contributed by atoms with Crippen LogP contribution in [-0.4, -0.2) is 66.0 Å². The first-order chi connectivity index (χ1) is 15.7. The number of aliphatic imine (C=N–C) groups is 1. The number of nitrogens with zero attached hydrogens (tertiary/aromatic N) is 3. The summed E-state index contributed by atoms with van der Waals surface area (Å²) >= 11 is 6.20. The van der Waals surface area contributed by atoms with Gasteiger partial charge in [0.15, 0.2) is 0 Å². The standard InChI is InChI=1S/C24H29ClFN5O2/c1-14-5-4-8-30(14)9-10-33-21-11-17(26)6-7-18(21)24(32)31-12-19(20(27)13-31)23-28-15(2)22(25)16(3)29-23/h6-7,11,14,27-28H,4-5,8-10,12-13H2,1-3H3/b23-19+,27-20?. The van der Waals surface area contributed by atoms with E-state index in [1.165, 1.54) is 31.0 Å². The zero-order chi connectivity index (χ0) is 23.7. The molecule has 1 atom stereocenters. The van der Waals surface area contributed by atoms with Crippen molar-refractivity contribution in [3.63, 3.8) is 0 Å². The number of rotatable bonds is 5. The number of carbonyl (C=O) groups is 1. The molecule has 3 aliphatic rings. The number of ether oxygens (including phenoxy) is 1. The molecule has 0 aliphatic carbocycles. The fourth-order valence-corrected chi connectivity index (χ4v) is 4.53. The van der Waals surface area contributed by atoms with Crippen molar-refractivity contribution in [3.8, 4) is 5.75 Å². The lowest BCUT2D eigenvalue weighted by Crippen LogP contribution is -2.32. The molecule has 176 valence electrons. The fourth-order valence-electron chi connectivity index (χ4n) is 4.44. The Labute approximate surface area is 198 Å². The lowest BCUT2D eigenvalue weighted by atomic mass is 10.1. The van der Waals surface area contributed by atoms with Gasteiger partial charge >= 0.3 is 0 Å². The zero-order valence-electron chi connectivity index (χ0n) is 19.2. The third kappa shape index (κ3) is 4.96. The summed E-state index contributed by atoms with van der Waals surface area (Å²) in [5.74, 6) is 0.00447. The quantitative estimate of drug-likeness (QED) is 0.679. The van der Waals surface area contributed by atoms with Gasteiger partial charge in [0.1, 0.15) is 24.0 Å². The molecule has 3 heterocycles. The maximum atomic E-state index is 14.0. The number of likely N-dealkylation sites (tertiary alicyclic amines) is 2. The summed E-state index contributed by atoms with van der Waals surface area (Å²) in [5.41, 5.74) is 2.65. The summed E-state index contributed by atoms with van der Waals surface area (Å²) in [5, 5.41) is 12.1. The number of benzene rings is 1. The van der Waals surface area contributed by atoms with Crippen LogP contribution in [-0.2, 0) is 0 Å². The Bertz CT molecular complexity index is 1080. The van der Waals surface area contributed by atoms with Gasteiger partial charge in [-0.25, -0.2) is 9.38 Å². The van der Waals surface area contributed by atoms with Gasteiger partial charge in [-0.3, -0.25) is 9.69 Å². The SMILES string of the molecule is CC1=N/C(=C2\CN(C(=O)c3ccc(F)cc3OCCN3CCCC3C)CC2=N)NC(C)=C1Cl. The molecular weight excluding hydrogens is 445 g/mol. The predicted octanol–water partition coefficient (Wildman–Crippen LogP) is 3.91. The molecule has 1 aromatic rings. The van der Waals surface area contributed by atoms with Crippen molar-refractivity contribution in [1.29, 1.82) is 5.41 Å². The largest absolute Gasteiger partial charge is 0.491 e. The molecule has 33 heavy (non-hydrogen) atoms. The summed E-state index contributed by atoms with van der Waals surface area (Å²) in [6.07, 6.45) is 2.34. The van der Waals surface area contributed by atoms with Crippen molar-refractivity contribution in [2.75, 3.05) is 32.8 Å². The van der Waals surface area contributed by atoms with Crippen LogP contribution in [0.1, 0.15) is 44.0 Å². The minimum Gasteiger partial charge on any atom is -0.491 e. The number of carbonyl (C=O) groups excluding carboxylic acids is 1. The molecule has 2 fully saturated rings. The molecule has 9 heteroatoms. The fraction of sp³-hybridized carbons (Fsp3) is 0.458. The van der Waals surface area contributed by atoms with E-state index in [9.17, 15) is 9.18 Å². The van der Waals surface area contributed by atoms with E-state index in [-0.39, 0.29) is 24.7 Å². The Morgan fingerprint density at radius 2 is 2.15 bits per heavy atom. The molecule has 2 N–H and O–H groups in total. The van der Waals surface area contributed by atoms with Gasteiger partial charge in [0.2, 0.25) is 0 Å². The molecule has 0 bridgehead atoms. The number of allylic oxidation sites excluding steroid dienone is 2. The van der Waals surface area contributed by atoms with Crippen LogP contribution in [0.5, 0.6) is 5.75 Å². The number of amides is 1. The molecule has 1 aromatic carbocycles. The molecule has 1 unspecified atom stereocenters. The van der Waals surface area contributed by atoms with Crippen LogP contribution >= 0.6 is 11.6 Å². The zero-order valence-corrected chi connectivity index (χ0v) is 19.9. The predicted molar refractivity (Wildman–Crippen MR) is 128 cm³/mol. The monoisotopic (exact) mass is 473 g/mol. The van der Waals surface area contributed by atoms with E-state index < -0.39 is 5.82 Å². The van der Waals surface area contributed by atoms with Crippen LogP contribution in [0.25, 0.3) is 0 Å². The minimum absolute atomic E-state index is 0.145. The Kier molecular flexibility index (Phi) is 6.86. The minimum atomic E-state index is -0.455. The normalized spacial score (nSPS) is 23.8. The number of hydrogen-bond donors (Lipinski definition) is 2. The van der Waals surface area contributed by atoms with Crippen molar-refractivity contribution in [2.45, 2.75) is 39.7 Å². The van der Waals surface area contributed by atoms with Gasteiger partial charge in [-0.1, -0.05) is 11.6 Å². The van der Waals surface area contributed by atoms with E-state index in [2.05, 4.69) is 22.1 Å². The molecule has 2 saturated heterocycles. The Balaban J connectivity index is 1.49. The van der Waals surface area contributed by atoms with E-state index in [1.54, 1.807) is 11.8 Å². The molecule has 7 nitrogen and oxygen atoms in total. The van der Waals surface area contributed by atoms with Crippen molar-refractivity contribution in [1.82, 2.24) is 15.1 Å². The van der Waals surface area contributed by atoms with Crippen molar-refractivity contribution >= 4 is 28.9 Å². The van der Waals surface area contributed by atoms with Crippen molar-refractivity contribution < 1.29 is 13.9 Å². The highest BCUT2D eigenvalue weighted by Crippen LogP contribution is 2.27. The van der Waals surface area contributed by atoms with Gasteiger partial charge in [-0.2, -0.15) is 0 Å². The van der Waals surface area contributed by atoms with Gasteiger partial charge in [0, 0.05) is 29.9 Å². The number of nitrogens with one attached hydrogen (secondary N) is 2. The van der Waals surface area contributed by atoms with E-state index in [0.29, 0.717) is 46.1 Å². The summed E-state index contributed by atoms with van der Waals surface area (Å²) in [7, 11) is 0. The molecule has 0 aromatic heterocycles. The first-order valence-corrected chi connectivity index (χ1v) is 11.6. The first-order valence-electron chi connectivity index (χ1n) is 11.2. The molecule has 3 aliphatic heterocycles. The average molecular weight is 474 g/mol. The van der Waals surface area contributed by atoms with Gasteiger partial charge in [-0.15, -0.1) is 0 Å². The maximum absolute atomic E-state index is 14.0. The molecule has 0 spiro atoms. The van der Waals surface area contributed by atoms with Gasteiger partial charge in [-0.05, 0) is 52.3 Å².